The predicted molar refractivity (Wildman–Crippen MR) is 69.8 cm³/mol. The molecule has 2 N–H and O–H groups in total. The number of unbranched alkanes of at least 4 members (excludes halogenated alkanes) is 1. The van der Waals surface area contributed by atoms with Gasteiger partial charge in [0, 0.05) is 18.7 Å². The molecule has 102 valence electrons. The number of rotatable bonds is 8. The molecule has 4 heteroatoms. The highest BCUT2D eigenvalue weighted by molar-refractivity contribution is 5.20. The zero-order valence-electron chi connectivity index (χ0n) is 10.8. The van der Waals surface area contributed by atoms with Crippen molar-refractivity contribution in [3.8, 4) is 0 Å². The topological polar surface area (TPSA) is 43.7 Å². The van der Waals surface area contributed by atoms with Gasteiger partial charge < -0.3 is 10.2 Å². The molecule has 0 aliphatic carbocycles. The van der Waals surface area contributed by atoms with Gasteiger partial charge in [-0.2, -0.15) is 0 Å². The quantitative estimate of drug-likeness (QED) is 0.746. The van der Waals surface area contributed by atoms with E-state index < -0.39 is 6.10 Å². The van der Waals surface area contributed by atoms with Crippen molar-refractivity contribution in [2.24, 2.45) is 0 Å². The first-order chi connectivity index (χ1) is 8.69. The lowest BCUT2D eigenvalue weighted by Gasteiger charge is -2.24. The minimum atomic E-state index is -0.852. The Kier molecular flexibility index (Phi) is 6.86. The Morgan fingerprint density at radius 3 is 2.61 bits per heavy atom. The normalized spacial score (nSPS) is 12.9. The maximum Gasteiger partial charge on any atom is 0.129 e. The molecule has 1 aromatic carbocycles. The van der Waals surface area contributed by atoms with E-state index in [0.29, 0.717) is 18.7 Å². The van der Waals surface area contributed by atoms with Crippen molar-refractivity contribution >= 4 is 0 Å². The standard InChI is InChI=1S/C14H22FNO2/c1-2-3-8-16(9-10-17)11-14(18)12-6-4-5-7-13(12)15/h4-7,14,17-18H,2-3,8-11H2,1H3. The summed E-state index contributed by atoms with van der Waals surface area (Å²) in [7, 11) is 0. The largest absolute Gasteiger partial charge is 0.395 e. The Balaban J connectivity index is 2.60. The van der Waals surface area contributed by atoms with E-state index in [9.17, 15) is 9.50 Å². The number of nitrogens with zero attached hydrogens (tertiary/aromatic N) is 1. The van der Waals surface area contributed by atoms with Crippen molar-refractivity contribution in [2.75, 3.05) is 26.2 Å². The fourth-order valence-corrected chi connectivity index (χ4v) is 1.91. The Morgan fingerprint density at radius 1 is 1.28 bits per heavy atom. The minimum absolute atomic E-state index is 0.0493. The Hall–Kier alpha value is -0.970. The van der Waals surface area contributed by atoms with Crippen LogP contribution in [0.4, 0.5) is 4.39 Å². The lowest BCUT2D eigenvalue weighted by molar-refractivity contribution is 0.0965. The van der Waals surface area contributed by atoms with Gasteiger partial charge in [-0.15, -0.1) is 0 Å². The van der Waals surface area contributed by atoms with E-state index in [1.54, 1.807) is 18.2 Å². The first kappa shape index (κ1) is 15.1. The number of halogens is 1. The van der Waals surface area contributed by atoms with Gasteiger partial charge in [0.25, 0.3) is 0 Å². The smallest absolute Gasteiger partial charge is 0.129 e. The summed E-state index contributed by atoms with van der Waals surface area (Å²) in [6, 6.07) is 6.26. The van der Waals surface area contributed by atoms with E-state index in [-0.39, 0.29) is 12.4 Å². The predicted octanol–water partition coefficient (Wildman–Crippen LogP) is 1.95. The zero-order chi connectivity index (χ0) is 13.4. The summed E-state index contributed by atoms with van der Waals surface area (Å²) in [6.07, 6.45) is 1.21. The molecule has 1 rings (SSSR count). The monoisotopic (exact) mass is 255 g/mol. The van der Waals surface area contributed by atoms with E-state index in [2.05, 4.69) is 6.92 Å². The van der Waals surface area contributed by atoms with Crippen molar-refractivity contribution in [3.05, 3.63) is 35.6 Å². The van der Waals surface area contributed by atoms with Gasteiger partial charge in [0.05, 0.1) is 12.7 Å². The zero-order valence-corrected chi connectivity index (χ0v) is 10.8. The Bertz CT molecular complexity index is 346. The van der Waals surface area contributed by atoms with Crippen LogP contribution in [-0.2, 0) is 0 Å². The summed E-state index contributed by atoms with van der Waals surface area (Å²) in [5.41, 5.74) is 0.317. The second-order valence-electron chi connectivity index (χ2n) is 4.42. The second-order valence-corrected chi connectivity index (χ2v) is 4.42. The van der Waals surface area contributed by atoms with Crippen LogP contribution in [0.15, 0.2) is 24.3 Å². The van der Waals surface area contributed by atoms with Crippen LogP contribution in [0.1, 0.15) is 31.4 Å². The molecule has 0 aliphatic rings. The number of aliphatic hydroxyl groups is 2. The highest BCUT2D eigenvalue weighted by Crippen LogP contribution is 2.17. The third-order valence-corrected chi connectivity index (χ3v) is 2.94. The van der Waals surface area contributed by atoms with Crippen LogP contribution in [-0.4, -0.2) is 41.4 Å². The number of hydrogen-bond donors (Lipinski definition) is 2. The van der Waals surface area contributed by atoms with Crippen molar-refractivity contribution < 1.29 is 14.6 Å². The molecule has 1 aromatic rings. The number of benzene rings is 1. The molecule has 0 spiro atoms. The van der Waals surface area contributed by atoms with Crippen LogP contribution < -0.4 is 0 Å². The van der Waals surface area contributed by atoms with Crippen LogP contribution >= 0.6 is 0 Å². The number of hydrogen-bond acceptors (Lipinski definition) is 3. The summed E-state index contributed by atoms with van der Waals surface area (Å²) in [4.78, 5) is 1.96. The summed E-state index contributed by atoms with van der Waals surface area (Å²) >= 11 is 0. The van der Waals surface area contributed by atoms with Gasteiger partial charge in [-0.25, -0.2) is 4.39 Å². The van der Waals surface area contributed by atoms with Crippen molar-refractivity contribution in [1.29, 1.82) is 0 Å². The second kappa shape index (κ2) is 8.19. The first-order valence-electron chi connectivity index (χ1n) is 6.44. The van der Waals surface area contributed by atoms with Gasteiger partial charge in [-0.3, -0.25) is 4.90 Å². The molecular weight excluding hydrogens is 233 g/mol. The molecule has 18 heavy (non-hydrogen) atoms. The van der Waals surface area contributed by atoms with E-state index in [1.165, 1.54) is 6.07 Å². The van der Waals surface area contributed by atoms with E-state index in [1.807, 2.05) is 4.90 Å². The highest BCUT2D eigenvalue weighted by atomic mass is 19.1. The third-order valence-electron chi connectivity index (χ3n) is 2.94. The minimum Gasteiger partial charge on any atom is -0.395 e. The van der Waals surface area contributed by atoms with Crippen LogP contribution in [0, 0.1) is 5.82 Å². The van der Waals surface area contributed by atoms with E-state index in [4.69, 9.17) is 5.11 Å². The van der Waals surface area contributed by atoms with Crippen LogP contribution in [0.25, 0.3) is 0 Å². The first-order valence-corrected chi connectivity index (χ1v) is 6.44. The lowest BCUT2D eigenvalue weighted by Crippen LogP contribution is -2.32. The molecule has 0 saturated heterocycles. The lowest BCUT2D eigenvalue weighted by atomic mass is 10.1. The summed E-state index contributed by atoms with van der Waals surface area (Å²) < 4.78 is 13.5. The van der Waals surface area contributed by atoms with Gasteiger partial charge in [0.2, 0.25) is 0 Å². The molecule has 0 fully saturated rings. The molecule has 0 aliphatic heterocycles. The summed E-state index contributed by atoms with van der Waals surface area (Å²) in [5.74, 6) is -0.385. The van der Waals surface area contributed by atoms with E-state index >= 15 is 0 Å². The van der Waals surface area contributed by atoms with Crippen LogP contribution in [0.5, 0.6) is 0 Å². The fourth-order valence-electron chi connectivity index (χ4n) is 1.91. The Morgan fingerprint density at radius 2 is 2.00 bits per heavy atom. The average molecular weight is 255 g/mol. The van der Waals surface area contributed by atoms with Crippen LogP contribution in [0.3, 0.4) is 0 Å². The van der Waals surface area contributed by atoms with Gasteiger partial charge in [0.15, 0.2) is 0 Å². The molecule has 0 bridgehead atoms. The van der Waals surface area contributed by atoms with Gasteiger partial charge in [0.1, 0.15) is 5.82 Å². The van der Waals surface area contributed by atoms with Crippen LogP contribution in [0.2, 0.25) is 0 Å². The molecule has 0 saturated carbocycles. The van der Waals surface area contributed by atoms with Gasteiger partial charge in [-0.1, -0.05) is 31.5 Å². The van der Waals surface area contributed by atoms with E-state index in [0.717, 1.165) is 19.4 Å². The highest BCUT2D eigenvalue weighted by Gasteiger charge is 2.15. The molecule has 0 radical (unpaired) electrons. The van der Waals surface area contributed by atoms with Gasteiger partial charge >= 0.3 is 0 Å². The summed E-state index contributed by atoms with van der Waals surface area (Å²) in [6.45, 7) is 3.80. The molecule has 0 amide bonds. The molecule has 1 unspecified atom stereocenters. The number of aliphatic hydroxyl groups excluding tert-OH is 2. The van der Waals surface area contributed by atoms with Crippen molar-refractivity contribution in [1.82, 2.24) is 4.90 Å². The van der Waals surface area contributed by atoms with Gasteiger partial charge in [-0.05, 0) is 19.0 Å². The fraction of sp³-hybridized carbons (Fsp3) is 0.571. The van der Waals surface area contributed by atoms with Crippen molar-refractivity contribution in [3.63, 3.8) is 0 Å². The maximum atomic E-state index is 13.5. The maximum absolute atomic E-state index is 13.5. The molecular formula is C14H22FNO2. The molecule has 1 atom stereocenters. The third kappa shape index (κ3) is 4.72. The molecule has 3 nitrogen and oxygen atoms in total. The molecule has 0 heterocycles. The average Bonchev–Trinajstić information content (AvgIpc) is 2.36. The SMILES string of the molecule is CCCCN(CCO)CC(O)c1ccccc1F. The molecule has 0 aromatic heterocycles. The summed E-state index contributed by atoms with van der Waals surface area (Å²) in [5, 5.41) is 19.0. The Labute approximate surface area is 108 Å². The van der Waals surface area contributed by atoms with Crippen molar-refractivity contribution in [2.45, 2.75) is 25.9 Å².